The topological polar surface area (TPSA) is 81.2 Å². The van der Waals surface area contributed by atoms with Gasteiger partial charge in [-0.2, -0.15) is 9.40 Å². The maximum atomic E-state index is 12.6. The van der Waals surface area contributed by atoms with Gasteiger partial charge >= 0.3 is 0 Å². The molecule has 1 aromatic heterocycles. The maximum absolute atomic E-state index is 12.6. The van der Waals surface area contributed by atoms with Crippen LogP contribution in [0.4, 0.5) is 5.82 Å². The largest absolute Gasteiger partial charge is 0.381 e. The summed E-state index contributed by atoms with van der Waals surface area (Å²) in [5.74, 6) is 0.0717. The van der Waals surface area contributed by atoms with Crippen molar-refractivity contribution in [2.24, 2.45) is 7.05 Å². The third-order valence-corrected chi connectivity index (χ3v) is 5.64. The molecule has 0 amide bonds. The summed E-state index contributed by atoms with van der Waals surface area (Å²) in [5.41, 5.74) is 5.69. The zero-order valence-electron chi connectivity index (χ0n) is 11.0. The Labute approximate surface area is 108 Å². The first-order valence-electron chi connectivity index (χ1n) is 6.16. The molecule has 0 unspecified atom stereocenters. The lowest BCUT2D eigenvalue weighted by molar-refractivity contribution is 0.204. The lowest BCUT2D eigenvalue weighted by Crippen LogP contribution is -2.47. The van der Waals surface area contributed by atoms with Crippen LogP contribution in [0.15, 0.2) is 11.1 Å². The lowest BCUT2D eigenvalue weighted by atomic mass is 10.0. The molecule has 0 bridgehead atoms. The molecule has 102 valence electrons. The van der Waals surface area contributed by atoms with Crippen molar-refractivity contribution in [1.29, 1.82) is 0 Å². The highest BCUT2D eigenvalue weighted by molar-refractivity contribution is 7.89. The second kappa shape index (κ2) is 4.55. The van der Waals surface area contributed by atoms with Gasteiger partial charge in [-0.05, 0) is 26.7 Å². The molecule has 1 aliphatic heterocycles. The number of nitrogens with two attached hydrogens (primary N) is 1. The summed E-state index contributed by atoms with van der Waals surface area (Å²) in [7, 11) is -1.88. The Kier molecular flexibility index (Phi) is 3.37. The molecule has 18 heavy (non-hydrogen) atoms. The maximum Gasteiger partial charge on any atom is 0.248 e. The van der Waals surface area contributed by atoms with Crippen LogP contribution in [0.3, 0.4) is 0 Å². The van der Waals surface area contributed by atoms with Gasteiger partial charge in [-0.3, -0.25) is 4.68 Å². The summed E-state index contributed by atoms with van der Waals surface area (Å²) in [4.78, 5) is 0.116. The molecule has 0 spiro atoms. The van der Waals surface area contributed by atoms with Crippen molar-refractivity contribution >= 4 is 15.8 Å². The van der Waals surface area contributed by atoms with E-state index in [1.807, 2.05) is 13.8 Å². The van der Waals surface area contributed by atoms with Gasteiger partial charge in [-0.15, -0.1) is 0 Å². The van der Waals surface area contributed by atoms with E-state index in [2.05, 4.69) is 5.10 Å². The molecule has 7 heteroatoms. The smallest absolute Gasteiger partial charge is 0.248 e. The van der Waals surface area contributed by atoms with Gasteiger partial charge in [0.15, 0.2) is 5.82 Å². The average molecular weight is 272 g/mol. The fourth-order valence-electron chi connectivity index (χ4n) is 2.67. The molecular formula is C11H20N4O2S. The van der Waals surface area contributed by atoms with E-state index in [1.165, 1.54) is 10.9 Å². The van der Waals surface area contributed by atoms with Crippen molar-refractivity contribution < 1.29 is 8.42 Å². The number of hydrogen-bond acceptors (Lipinski definition) is 4. The number of sulfonamides is 1. The van der Waals surface area contributed by atoms with E-state index in [0.29, 0.717) is 0 Å². The van der Waals surface area contributed by atoms with Crippen molar-refractivity contribution in [2.45, 2.75) is 50.1 Å². The van der Waals surface area contributed by atoms with Crippen LogP contribution in [0.25, 0.3) is 0 Å². The first-order valence-corrected chi connectivity index (χ1v) is 7.60. The second-order valence-electron chi connectivity index (χ2n) is 5.02. The van der Waals surface area contributed by atoms with Gasteiger partial charge in [-0.1, -0.05) is 6.42 Å². The van der Waals surface area contributed by atoms with E-state index < -0.39 is 10.0 Å². The zero-order chi connectivity index (χ0) is 13.5. The van der Waals surface area contributed by atoms with E-state index >= 15 is 0 Å². The van der Waals surface area contributed by atoms with Crippen molar-refractivity contribution in [3.63, 3.8) is 0 Å². The molecule has 1 fully saturated rings. The van der Waals surface area contributed by atoms with E-state index in [1.54, 1.807) is 11.4 Å². The molecule has 2 N–H and O–H groups in total. The molecule has 1 aromatic rings. The van der Waals surface area contributed by atoms with Crippen LogP contribution in [-0.4, -0.2) is 34.6 Å². The molecule has 0 aliphatic carbocycles. The quantitative estimate of drug-likeness (QED) is 0.869. The van der Waals surface area contributed by atoms with Gasteiger partial charge in [0.2, 0.25) is 10.0 Å². The van der Waals surface area contributed by atoms with Crippen molar-refractivity contribution in [3.8, 4) is 0 Å². The van der Waals surface area contributed by atoms with Crippen molar-refractivity contribution in [1.82, 2.24) is 14.1 Å². The monoisotopic (exact) mass is 272 g/mol. The summed E-state index contributed by atoms with van der Waals surface area (Å²) in [6.45, 7) is 3.89. The number of aromatic nitrogens is 2. The minimum Gasteiger partial charge on any atom is -0.381 e. The van der Waals surface area contributed by atoms with Gasteiger partial charge in [0.1, 0.15) is 4.90 Å². The number of aryl methyl sites for hydroxylation is 1. The molecule has 1 saturated heterocycles. The van der Waals surface area contributed by atoms with Crippen LogP contribution in [0.2, 0.25) is 0 Å². The summed E-state index contributed by atoms with van der Waals surface area (Å²) < 4.78 is 28.3. The Bertz CT molecular complexity index is 527. The third kappa shape index (κ3) is 2.12. The summed E-state index contributed by atoms with van der Waals surface area (Å²) >= 11 is 0. The Morgan fingerprint density at radius 3 is 2.33 bits per heavy atom. The fourth-order valence-corrected chi connectivity index (χ4v) is 4.64. The van der Waals surface area contributed by atoms with Gasteiger partial charge in [0, 0.05) is 25.3 Å². The highest BCUT2D eigenvalue weighted by Crippen LogP contribution is 2.31. The molecule has 6 nitrogen and oxygen atoms in total. The highest BCUT2D eigenvalue weighted by Gasteiger charge is 2.37. The molecule has 2 heterocycles. The Morgan fingerprint density at radius 2 is 1.89 bits per heavy atom. The molecular weight excluding hydrogens is 252 g/mol. The van der Waals surface area contributed by atoms with Crippen LogP contribution in [0, 0.1) is 0 Å². The number of rotatable bonds is 2. The van der Waals surface area contributed by atoms with Gasteiger partial charge in [0.05, 0.1) is 0 Å². The van der Waals surface area contributed by atoms with Crippen molar-refractivity contribution in [3.05, 3.63) is 6.20 Å². The average Bonchev–Trinajstić information content (AvgIpc) is 2.57. The molecule has 2 rings (SSSR count). The van der Waals surface area contributed by atoms with Gasteiger partial charge in [0.25, 0.3) is 0 Å². The van der Waals surface area contributed by atoms with Crippen LogP contribution >= 0.6 is 0 Å². The SMILES string of the molecule is C[C@@H]1CCC[C@H](C)N1S(=O)(=O)c1cn(C)nc1N. The van der Waals surface area contributed by atoms with Gasteiger partial charge in [-0.25, -0.2) is 8.42 Å². The number of nitrogens with zero attached hydrogens (tertiary/aromatic N) is 3. The standard InChI is InChI=1S/C11H20N4O2S/c1-8-5-4-6-9(2)15(8)18(16,17)10-7-14(3)13-11(10)12/h7-9H,4-6H2,1-3H3,(H2,12,13)/t8-,9+. The molecule has 0 saturated carbocycles. The fraction of sp³-hybridized carbons (Fsp3) is 0.727. The minimum atomic E-state index is -3.55. The van der Waals surface area contributed by atoms with Crippen LogP contribution in [-0.2, 0) is 17.1 Å². The number of hydrogen-bond donors (Lipinski definition) is 1. The van der Waals surface area contributed by atoms with Gasteiger partial charge < -0.3 is 5.73 Å². The predicted octanol–water partition coefficient (Wildman–Crippen LogP) is 0.954. The second-order valence-corrected chi connectivity index (χ2v) is 6.83. The zero-order valence-corrected chi connectivity index (χ0v) is 11.8. The number of anilines is 1. The summed E-state index contributed by atoms with van der Waals surface area (Å²) in [6, 6.07) is 0.0247. The summed E-state index contributed by atoms with van der Waals surface area (Å²) in [5, 5.41) is 3.91. The molecule has 1 aliphatic rings. The van der Waals surface area contributed by atoms with E-state index in [-0.39, 0.29) is 22.8 Å². The predicted molar refractivity (Wildman–Crippen MR) is 69.4 cm³/mol. The Hall–Kier alpha value is -1.08. The minimum absolute atomic E-state index is 0.0124. The van der Waals surface area contributed by atoms with Crippen LogP contribution < -0.4 is 5.73 Å². The molecule has 0 aromatic carbocycles. The number of piperidine rings is 1. The van der Waals surface area contributed by atoms with Crippen molar-refractivity contribution in [2.75, 3.05) is 5.73 Å². The molecule has 2 atom stereocenters. The highest BCUT2D eigenvalue weighted by atomic mass is 32.2. The Morgan fingerprint density at radius 1 is 1.33 bits per heavy atom. The summed E-state index contributed by atoms with van der Waals surface area (Å²) in [6.07, 6.45) is 4.32. The third-order valence-electron chi connectivity index (χ3n) is 3.49. The normalized spacial score (nSPS) is 26.4. The lowest BCUT2D eigenvalue weighted by Gasteiger charge is -2.37. The first kappa shape index (κ1) is 13.4. The van der Waals surface area contributed by atoms with Crippen LogP contribution in [0.5, 0.6) is 0 Å². The first-order chi connectivity index (χ1) is 8.34. The molecule has 0 radical (unpaired) electrons. The van der Waals surface area contributed by atoms with Crippen LogP contribution in [0.1, 0.15) is 33.1 Å². The van der Waals surface area contributed by atoms with E-state index in [0.717, 1.165) is 19.3 Å². The van der Waals surface area contributed by atoms with E-state index in [4.69, 9.17) is 5.73 Å². The van der Waals surface area contributed by atoms with E-state index in [9.17, 15) is 8.42 Å². The Balaban J connectivity index is 2.44. The number of nitrogen functional groups attached to an aromatic ring is 1.